The second-order valence-electron chi connectivity index (χ2n) is 6.56. The Balaban J connectivity index is 2.31. The quantitative estimate of drug-likeness (QED) is 0.602. The third kappa shape index (κ3) is 6.03. The number of hydrogen-bond donors (Lipinski definition) is 1. The first-order chi connectivity index (χ1) is 14.2. The second kappa shape index (κ2) is 10.2. The van der Waals surface area contributed by atoms with Gasteiger partial charge in [0.15, 0.2) is 0 Å². The van der Waals surface area contributed by atoms with Crippen molar-refractivity contribution in [1.29, 1.82) is 0 Å². The van der Waals surface area contributed by atoms with E-state index in [1.807, 2.05) is 13.0 Å². The van der Waals surface area contributed by atoms with Crippen molar-refractivity contribution in [3.8, 4) is 0 Å². The number of halogens is 1. The molecule has 0 aliphatic heterocycles. The molecule has 0 saturated heterocycles. The van der Waals surface area contributed by atoms with Crippen LogP contribution in [0.1, 0.15) is 41.3 Å². The van der Waals surface area contributed by atoms with Crippen LogP contribution in [0.3, 0.4) is 0 Å². The van der Waals surface area contributed by atoms with E-state index in [1.165, 1.54) is 0 Å². The molecule has 0 amide bonds. The van der Waals surface area contributed by atoms with Crippen LogP contribution >= 0.6 is 0 Å². The second-order valence-corrected chi connectivity index (χ2v) is 8.21. The predicted octanol–water partition coefficient (Wildman–Crippen LogP) is 3.61. The minimum atomic E-state index is -4.21. The fourth-order valence-corrected chi connectivity index (χ4v) is 4.17. The van der Waals surface area contributed by atoms with Crippen molar-refractivity contribution < 1.29 is 31.9 Å². The van der Waals surface area contributed by atoms with E-state index in [4.69, 9.17) is 4.74 Å². The van der Waals surface area contributed by atoms with Gasteiger partial charge in [-0.15, -0.1) is 0 Å². The number of carbonyl (C=O) groups excluding carboxylic acids is 2. The number of carbonyl (C=O) groups is 2. The molecule has 9 heteroatoms. The van der Waals surface area contributed by atoms with Gasteiger partial charge in [-0.3, -0.25) is 9.52 Å². The van der Waals surface area contributed by atoms with Crippen molar-refractivity contribution in [1.82, 2.24) is 0 Å². The van der Waals surface area contributed by atoms with Gasteiger partial charge < -0.3 is 9.47 Å². The molecule has 0 spiro atoms. The number of aryl methyl sites for hydroxylation is 2. The molecular weight excluding hydrogens is 413 g/mol. The van der Waals surface area contributed by atoms with Crippen molar-refractivity contribution in [2.45, 2.75) is 38.0 Å². The smallest absolute Gasteiger partial charge is 0.339 e. The fourth-order valence-electron chi connectivity index (χ4n) is 2.89. The van der Waals surface area contributed by atoms with Crippen molar-refractivity contribution in [3.05, 3.63) is 58.9 Å². The molecule has 0 saturated carbocycles. The molecule has 0 fully saturated rings. The SMILES string of the molecule is CCOC(=O)CCCc1cc(C)ccc1NS(=O)(=O)c1ccc(F)cc1C(=O)OC. The number of sulfonamides is 1. The first-order valence-corrected chi connectivity index (χ1v) is 10.8. The van der Waals surface area contributed by atoms with E-state index in [-0.39, 0.29) is 12.4 Å². The summed E-state index contributed by atoms with van der Waals surface area (Å²) < 4.78 is 51.4. The standard InChI is InChI=1S/C21H24FNO6S/c1-4-29-20(24)7-5-6-15-12-14(2)8-10-18(15)23-30(26,27)19-11-9-16(22)13-17(19)21(25)28-3/h8-13,23H,4-7H2,1-3H3. The Morgan fingerprint density at radius 1 is 1.13 bits per heavy atom. The van der Waals surface area contributed by atoms with E-state index in [0.29, 0.717) is 30.7 Å². The number of rotatable bonds is 9. The normalized spacial score (nSPS) is 11.1. The van der Waals surface area contributed by atoms with Crippen LogP contribution in [-0.2, 0) is 30.7 Å². The monoisotopic (exact) mass is 437 g/mol. The van der Waals surface area contributed by atoms with Crippen LogP contribution in [0, 0.1) is 12.7 Å². The van der Waals surface area contributed by atoms with Crippen LogP contribution in [0.25, 0.3) is 0 Å². The summed E-state index contributed by atoms with van der Waals surface area (Å²) in [5.74, 6) is -2.04. The van der Waals surface area contributed by atoms with Crippen LogP contribution in [0.15, 0.2) is 41.3 Å². The molecular formula is C21H24FNO6S. The van der Waals surface area contributed by atoms with Crippen molar-refractivity contribution >= 4 is 27.6 Å². The summed E-state index contributed by atoms with van der Waals surface area (Å²) >= 11 is 0. The number of benzene rings is 2. The van der Waals surface area contributed by atoms with Gasteiger partial charge in [0, 0.05) is 6.42 Å². The summed E-state index contributed by atoms with van der Waals surface area (Å²) in [4.78, 5) is 23.1. The van der Waals surface area contributed by atoms with Crippen molar-refractivity contribution in [3.63, 3.8) is 0 Å². The van der Waals surface area contributed by atoms with E-state index in [0.717, 1.165) is 30.9 Å². The van der Waals surface area contributed by atoms with Crippen LogP contribution in [0.2, 0.25) is 0 Å². The Morgan fingerprint density at radius 3 is 2.53 bits per heavy atom. The average Bonchev–Trinajstić information content (AvgIpc) is 2.69. The largest absolute Gasteiger partial charge is 0.466 e. The molecule has 162 valence electrons. The minimum absolute atomic E-state index is 0.207. The Bertz CT molecular complexity index is 1040. The van der Waals surface area contributed by atoms with E-state index >= 15 is 0 Å². The van der Waals surface area contributed by atoms with Gasteiger partial charge in [-0.2, -0.15) is 0 Å². The number of esters is 2. The van der Waals surface area contributed by atoms with Gasteiger partial charge in [0.25, 0.3) is 10.0 Å². The summed E-state index contributed by atoms with van der Waals surface area (Å²) in [7, 11) is -3.13. The maximum Gasteiger partial charge on any atom is 0.339 e. The lowest BCUT2D eigenvalue weighted by Gasteiger charge is -2.15. The van der Waals surface area contributed by atoms with Gasteiger partial charge in [0.2, 0.25) is 0 Å². The van der Waals surface area contributed by atoms with Gasteiger partial charge in [0.1, 0.15) is 10.7 Å². The van der Waals surface area contributed by atoms with E-state index in [1.54, 1.807) is 19.1 Å². The topological polar surface area (TPSA) is 98.8 Å². The Labute approximate surface area is 175 Å². The summed E-state index contributed by atoms with van der Waals surface area (Å²) in [6.45, 7) is 3.89. The summed E-state index contributed by atoms with van der Waals surface area (Å²) in [5, 5.41) is 0. The van der Waals surface area contributed by atoms with Gasteiger partial charge >= 0.3 is 11.9 Å². The molecule has 0 radical (unpaired) electrons. The molecule has 2 rings (SSSR count). The zero-order valence-electron chi connectivity index (χ0n) is 17.0. The number of nitrogens with one attached hydrogen (secondary N) is 1. The third-order valence-electron chi connectivity index (χ3n) is 4.27. The highest BCUT2D eigenvalue weighted by molar-refractivity contribution is 7.92. The molecule has 7 nitrogen and oxygen atoms in total. The van der Waals surface area contributed by atoms with Crippen LogP contribution in [0.4, 0.5) is 10.1 Å². The lowest BCUT2D eigenvalue weighted by molar-refractivity contribution is -0.143. The van der Waals surface area contributed by atoms with Gasteiger partial charge in [-0.05, 0) is 56.5 Å². The number of methoxy groups -OCH3 is 1. The average molecular weight is 437 g/mol. The fraction of sp³-hybridized carbons (Fsp3) is 0.333. The van der Waals surface area contributed by atoms with Gasteiger partial charge in [0.05, 0.1) is 25.0 Å². The zero-order chi connectivity index (χ0) is 22.3. The zero-order valence-corrected chi connectivity index (χ0v) is 17.8. The Hall–Kier alpha value is -2.94. The molecule has 0 heterocycles. The van der Waals surface area contributed by atoms with E-state index in [2.05, 4.69) is 9.46 Å². The molecule has 0 unspecified atom stereocenters. The Kier molecular flexibility index (Phi) is 7.93. The molecule has 0 aromatic heterocycles. The number of ether oxygens (including phenoxy) is 2. The van der Waals surface area contributed by atoms with Crippen LogP contribution < -0.4 is 4.72 Å². The van der Waals surface area contributed by atoms with E-state index < -0.39 is 32.3 Å². The minimum Gasteiger partial charge on any atom is -0.466 e. The third-order valence-corrected chi connectivity index (χ3v) is 5.70. The first kappa shape index (κ1) is 23.3. The molecule has 2 aromatic rings. The number of anilines is 1. The molecule has 1 N–H and O–H groups in total. The first-order valence-electron chi connectivity index (χ1n) is 9.33. The summed E-state index contributed by atoms with van der Waals surface area (Å²) in [5.41, 5.74) is 1.51. The molecule has 0 aliphatic rings. The van der Waals surface area contributed by atoms with Crippen LogP contribution in [0.5, 0.6) is 0 Å². The molecule has 2 aromatic carbocycles. The maximum atomic E-state index is 13.6. The maximum absolute atomic E-state index is 13.6. The highest BCUT2D eigenvalue weighted by atomic mass is 32.2. The summed E-state index contributed by atoms with van der Waals surface area (Å²) in [6.07, 6.45) is 1.12. The predicted molar refractivity (Wildman–Crippen MR) is 109 cm³/mol. The number of hydrogen-bond acceptors (Lipinski definition) is 6. The summed E-state index contributed by atoms with van der Waals surface area (Å²) in [6, 6.07) is 7.94. The highest BCUT2D eigenvalue weighted by Gasteiger charge is 2.24. The van der Waals surface area contributed by atoms with Gasteiger partial charge in [-0.25, -0.2) is 17.6 Å². The van der Waals surface area contributed by atoms with Gasteiger partial charge in [-0.1, -0.05) is 17.7 Å². The Morgan fingerprint density at radius 2 is 1.87 bits per heavy atom. The molecule has 30 heavy (non-hydrogen) atoms. The lowest BCUT2D eigenvalue weighted by atomic mass is 10.0. The molecule has 0 atom stereocenters. The molecule has 0 bridgehead atoms. The van der Waals surface area contributed by atoms with Crippen molar-refractivity contribution in [2.24, 2.45) is 0 Å². The highest BCUT2D eigenvalue weighted by Crippen LogP contribution is 2.25. The van der Waals surface area contributed by atoms with E-state index in [9.17, 15) is 22.4 Å². The van der Waals surface area contributed by atoms with Crippen LogP contribution in [-0.4, -0.2) is 34.1 Å². The van der Waals surface area contributed by atoms with Crippen molar-refractivity contribution in [2.75, 3.05) is 18.4 Å². The lowest BCUT2D eigenvalue weighted by Crippen LogP contribution is -2.18. The molecule has 0 aliphatic carbocycles.